The molecule has 4 rings (SSSR count). The van der Waals surface area contributed by atoms with Gasteiger partial charge in [0.2, 0.25) is 0 Å². The molecule has 0 radical (unpaired) electrons. The van der Waals surface area contributed by atoms with Crippen molar-refractivity contribution < 1.29 is 4.79 Å². The molecule has 2 aromatic carbocycles. The molecule has 118 valence electrons. The van der Waals surface area contributed by atoms with Crippen molar-refractivity contribution >= 4 is 5.78 Å². The summed E-state index contributed by atoms with van der Waals surface area (Å²) in [6.07, 6.45) is 3.04. The Kier molecular flexibility index (Phi) is 3.78. The number of hydrogen-bond donors (Lipinski definition) is 0. The van der Waals surface area contributed by atoms with Gasteiger partial charge in [0.15, 0.2) is 5.78 Å². The van der Waals surface area contributed by atoms with Crippen LogP contribution in [0.2, 0.25) is 0 Å². The van der Waals surface area contributed by atoms with Crippen molar-refractivity contribution in [3.05, 3.63) is 70.3 Å². The van der Waals surface area contributed by atoms with Gasteiger partial charge in [-0.25, -0.2) is 0 Å². The summed E-state index contributed by atoms with van der Waals surface area (Å²) in [6.45, 7) is 5.27. The molecule has 2 nitrogen and oxygen atoms in total. The first-order valence-electron chi connectivity index (χ1n) is 8.63. The third-order valence-corrected chi connectivity index (χ3v) is 5.37. The SMILES string of the molecule is Cc1ccc2c(c1)CC(CCN1CCc3ccccc3C1)C2=O. The molecular weight excluding hydrogens is 282 g/mol. The summed E-state index contributed by atoms with van der Waals surface area (Å²) in [5, 5.41) is 0. The van der Waals surface area contributed by atoms with Gasteiger partial charge < -0.3 is 0 Å². The molecule has 0 saturated heterocycles. The van der Waals surface area contributed by atoms with Crippen molar-refractivity contribution in [2.24, 2.45) is 5.92 Å². The van der Waals surface area contributed by atoms with Crippen molar-refractivity contribution in [1.29, 1.82) is 0 Å². The van der Waals surface area contributed by atoms with Gasteiger partial charge in [-0.05, 0) is 49.4 Å². The Morgan fingerprint density at radius 1 is 1.09 bits per heavy atom. The number of nitrogens with zero attached hydrogens (tertiary/aromatic N) is 1. The Morgan fingerprint density at radius 3 is 2.78 bits per heavy atom. The van der Waals surface area contributed by atoms with Crippen LogP contribution < -0.4 is 0 Å². The lowest BCUT2D eigenvalue weighted by atomic mass is 9.97. The van der Waals surface area contributed by atoms with E-state index in [1.807, 2.05) is 6.07 Å². The highest BCUT2D eigenvalue weighted by Gasteiger charge is 2.30. The maximum Gasteiger partial charge on any atom is 0.166 e. The largest absolute Gasteiger partial charge is 0.299 e. The van der Waals surface area contributed by atoms with Crippen molar-refractivity contribution in [1.82, 2.24) is 4.90 Å². The summed E-state index contributed by atoms with van der Waals surface area (Å²) < 4.78 is 0. The third-order valence-electron chi connectivity index (χ3n) is 5.37. The molecule has 0 N–H and O–H groups in total. The molecule has 0 spiro atoms. The first-order chi connectivity index (χ1) is 11.2. The van der Waals surface area contributed by atoms with Crippen LogP contribution in [0.15, 0.2) is 42.5 Å². The van der Waals surface area contributed by atoms with Gasteiger partial charge >= 0.3 is 0 Å². The van der Waals surface area contributed by atoms with Crippen LogP contribution in [0.3, 0.4) is 0 Å². The molecule has 0 bridgehead atoms. The Balaban J connectivity index is 1.39. The lowest BCUT2D eigenvalue weighted by molar-refractivity contribution is 0.0919. The van der Waals surface area contributed by atoms with Crippen LogP contribution in [0.25, 0.3) is 0 Å². The molecule has 1 aliphatic heterocycles. The van der Waals surface area contributed by atoms with E-state index in [9.17, 15) is 4.79 Å². The molecule has 1 unspecified atom stereocenters. The Morgan fingerprint density at radius 2 is 1.91 bits per heavy atom. The summed E-state index contributed by atoms with van der Waals surface area (Å²) in [6, 6.07) is 15.0. The average Bonchev–Trinajstić information content (AvgIpc) is 2.88. The zero-order chi connectivity index (χ0) is 15.8. The summed E-state index contributed by atoms with van der Waals surface area (Å²) in [5.41, 5.74) is 6.41. The first kappa shape index (κ1) is 14.6. The minimum atomic E-state index is 0.184. The summed E-state index contributed by atoms with van der Waals surface area (Å²) in [4.78, 5) is 15.1. The first-order valence-corrected chi connectivity index (χ1v) is 8.63. The minimum Gasteiger partial charge on any atom is -0.299 e. The number of aryl methyl sites for hydroxylation is 1. The van der Waals surface area contributed by atoms with E-state index in [2.05, 4.69) is 48.2 Å². The van der Waals surface area contributed by atoms with Crippen LogP contribution in [-0.2, 0) is 19.4 Å². The van der Waals surface area contributed by atoms with E-state index < -0.39 is 0 Å². The zero-order valence-corrected chi connectivity index (χ0v) is 13.7. The van der Waals surface area contributed by atoms with E-state index in [4.69, 9.17) is 0 Å². The molecule has 0 amide bonds. The Hall–Kier alpha value is -1.93. The van der Waals surface area contributed by atoms with Crippen molar-refractivity contribution in [2.75, 3.05) is 13.1 Å². The van der Waals surface area contributed by atoms with Crippen LogP contribution in [0.1, 0.15) is 39.0 Å². The molecule has 1 heterocycles. The summed E-state index contributed by atoms with van der Waals surface area (Å²) in [5.74, 6) is 0.543. The van der Waals surface area contributed by atoms with E-state index >= 15 is 0 Å². The number of fused-ring (bicyclic) bond motifs is 2. The maximum absolute atomic E-state index is 12.6. The van der Waals surface area contributed by atoms with Crippen molar-refractivity contribution in [2.45, 2.75) is 32.7 Å². The number of benzene rings is 2. The van der Waals surface area contributed by atoms with Crippen LogP contribution in [-0.4, -0.2) is 23.8 Å². The molecule has 0 fully saturated rings. The van der Waals surface area contributed by atoms with E-state index in [0.717, 1.165) is 44.5 Å². The highest BCUT2D eigenvalue weighted by Crippen LogP contribution is 2.30. The fourth-order valence-electron chi connectivity index (χ4n) is 4.03. The Labute approximate surface area is 138 Å². The van der Waals surface area contributed by atoms with Gasteiger partial charge in [0, 0.05) is 24.6 Å². The van der Waals surface area contributed by atoms with E-state index in [-0.39, 0.29) is 5.92 Å². The smallest absolute Gasteiger partial charge is 0.166 e. The number of carbonyl (C=O) groups is 1. The van der Waals surface area contributed by atoms with E-state index in [1.165, 1.54) is 22.3 Å². The van der Waals surface area contributed by atoms with Crippen molar-refractivity contribution in [3.8, 4) is 0 Å². The second kappa shape index (κ2) is 5.93. The van der Waals surface area contributed by atoms with Crippen LogP contribution in [0.4, 0.5) is 0 Å². The average molecular weight is 305 g/mol. The van der Waals surface area contributed by atoms with Gasteiger partial charge in [0.25, 0.3) is 0 Å². The van der Waals surface area contributed by atoms with Gasteiger partial charge in [0.05, 0.1) is 0 Å². The number of Topliss-reactive ketones (excluding diaryl/α,β-unsaturated/α-hetero) is 1. The molecule has 1 atom stereocenters. The molecule has 2 aromatic rings. The van der Waals surface area contributed by atoms with E-state index in [1.54, 1.807) is 0 Å². The molecule has 0 saturated carbocycles. The van der Waals surface area contributed by atoms with E-state index in [0.29, 0.717) is 5.78 Å². The monoisotopic (exact) mass is 305 g/mol. The normalized spacial score (nSPS) is 20.4. The van der Waals surface area contributed by atoms with Gasteiger partial charge in [0.1, 0.15) is 0 Å². The van der Waals surface area contributed by atoms with Gasteiger partial charge in [-0.2, -0.15) is 0 Å². The second-order valence-electron chi connectivity index (χ2n) is 7.01. The molecule has 0 aromatic heterocycles. The third kappa shape index (κ3) is 2.84. The van der Waals surface area contributed by atoms with Crippen LogP contribution in [0.5, 0.6) is 0 Å². The maximum atomic E-state index is 12.6. The minimum absolute atomic E-state index is 0.184. The lowest BCUT2D eigenvalue weighted by Gasteiger charge is -2.29. The fraction of sp³-hybridized carbons (Fsp3) is 0.381. The predicted octanol–water partition coefficient (Wildman–Crippen LogP) is 3.80. The highest BCUT2D eigenvalue weighted by atomic mass is 16.1. The number of hydrogen-bond acceptors (Lipinski definition) is 2. The molecule has 23 heavy (non-hydrogen) atoms. The molecule has 2 aliphatic rings. The fourth-order valence-corrected chi connectivity index (χ4v) is 4.03. The molecule has 2 heteroatoms. The molecule has 1 aliphatic carbocycles. The van der Waals surface area contributed by atoms with Crippen molar-refractivity contribution in [3.63, 3.8) is 0 Å². The number of rotatable bonds is 3. The van der Waals surface area contributed by atoms with Gasteiger partial charge in [-0.3, -0.25) is 9.69 Å². The number of carbonyl (C=O) groups excluding carboxylic acids is 1. The quantitative estimate of drug-likeness (QED) is 0.859. The lowest BCUT2D eigenvalue weighted by Crippen LogP contribution is -2.32. The highest BCUT2D eigenvalue weighted by molar-refractivity contribution is 6.02. The van der Waals surface area contributed by atoms with Gasteiger partial charge in [-0.1, -0.05) is 48.0 Å². The zero-order valence-electron chi connectivity index (χ0n) is 13.7. The predicted molar refractivity (Wildman–Crippen MR) is 92.7 cm³/mol. The van der Waals surface area contributed by atoms with Crippen LogP contribution in [0, 0.1) is 12.8 Å². The number of ketones is 1. The topological polar surface area (TPSA) is 20.3 Å². The standard InChI is InChI=1S/C21H23NO/c1-15-6-7-20-19(12-15)13-17(21(20)23)9-11-22-10-8-16-4-2-3-5-18(16)14-22/h2-7,12,17H,8-11,13-14H2,1H3. The van der Waals surface area contributed by atoms with Crippen LogP contribution >= 0.6 is 0 Å². The molecular formula is C21H23NO. The summed E-state index contributed by atoms with van der Waals surface area (Å²) >= 11 is 0. The summed E-state index contributed by atoms with van der Waals surface area (Å²) in [7, 11) is 0. The Bertz CT molecular complexity index is 749. The second-order valence-corrected chi connectivity index (χ2v) is 7.01. The van der Waals surface area contributed by atoms with Gasteiger partial charge in [-0.15, -0.1) is 0 Å².